The first-order valence-electron chi connectivity index (χ1n) is 13.6. The van der Waals surface area contributed by atoms with Crippen LogP contribution in [0.3, 0.4) is 0 Å². The topological polar surface area (TPSA) is 9.23 Å². The lowest BCUT2D eigenvalue weighted by atomic mass is 9.47. The van der Waals surface area contributed by atoms with Crippen LogP contribution in [0, 0.1) is 52.3 Å². The molecule has 0 aromatic rings. The summed E-state index contributed by atoms with van der Waals surface area (Å²) >= 11 is 0. The summed E-state index contributed by atoms with van der Waals surface area (Å²) in [5, 5.41) is 0. The SMILES string of the molecule is CC[C@H](C=C[C@@H](C)[C@H]1CC[C@H]2[C@@H]3CC=C4C[C@@H](OC)CC[C@]4(C)[C@H]3CC[C@]12C)C(C)C. The highest BCUT2D eigenvalue weighted by atomic mass is 16.5. The van der Waals surface area contributed by atoms with E-state index < -0.39 is 0 Å². The molecule has 0 aromatic heterocycles. The van der Waals surface area contributed by atoms with Crippen molar-refractivity contribution in [2.45, 2.75) is 105 Å². The zero-order valence-corrected chi connectivity index (χ0v) is 21.6. The largest absolute Gasteiger partial charge is 0.381 e. The first-order chi connectivity index (χ1) is 14.7. The van der Waals surface area contributed by atoms with Gasteiger partial charge in [0, 0.05) is 7.11 Å². The van der Waals surface area contributed by atoms with Crippen molar-refractivity contribution in [1.82, 2.24) is 0 Å². The standard InChI is InChI=1S/C30H50O/c1-8-22(20(2)3)10-9-21(4)26-13-14-27-25-12-11-23-19-24(31-7)15-17-29(23,5)28(25)16-18-30(26,27)6/h9-11,20-22,24-28H,8,12-19H2,1-7H3/t21-,22-,24+,25+,26-,27+,28+,29+,30-/m1/s1. The number of hydrogen-bond donors (Lipinski definition) is 0. The van der Waals surface area contributed by atoms with Gasteiger partial charge in [0.15, 0.2) is 0 Å². The van der Waals surface area contributed by atoms with Crippen molar-refractivity contribution in [3.8, 4) is 0 Å². The predicted molar refractivity (Wildman–Crippen MR) is 133 cm³/mol. The third-order valence-corrected chi connectivity index (χ3v) is 11.1. The van der Waals surface area contributed by atoms with E-state index in [-0.39, 0.29) is 0 Å². The van der Waals surface area contributed by atoms with Gasteiger partial charge in [-0.3, -0.25) is 0 Å². The van der Waals surface area contributed by atoms with E-state index in [0.29, 0.717) is 16.9 Å². The Hall–Kier alpha value is -0.560. The van der Waals surface area contributed by atoms with Crippen LogP contribution < -0.4 is 0 Å². The maximum atomic E-state index is 5.76. The monoisotopic (exact) mass is 426 g/mol. The van der Waals surface area contributed by atoms with Gasteiger partial charge in [0.2, 0.25) is 0 Å². The zero-order chi connectivity index (χ0) is 22.4. The van der Waals surface area contributed by atoms with Crippen molar-refractivity contribution in [2.75, 3.05) is 7.11 Å². The Bertz CT molecular complexity index is 689. The molecule has 4 rings (SSSR count). The first-order valence-corrected chi connectivity index (χ1v) is 13.6. The molecule has 0 saturated heterocycles. The van der Waals surface area contributed by atoms with E-state index in [4.69, 9.17) is 4.74 Å². The third-order valence-electron chi connectivity index (χ3n) is 11.1. The van der Waals surface area contributed by atoms with E-state index in [1.54, 1.807) is 5.57 Å². The lowest BCUT2D eigenvalue weighted by Crippen LogP contribution is -2.50. The summed E-state index contributed by atoms with van der Waals surface area (Å²) in [7, 11) is 1.91. The molecule has 0 radical (unpaired) electrons. The fraction of sp³-hybridized carbons (Fsp3) is 0.867. The maximum absolute atomic E-state index is 5.76. The molecule has 4 aliphatic carbocycles. The molecule has 0 aromatic carbocycles. The molecule has 1 nitrogen and oxygen atoms in total. The van der Waals surface area contributed by atoms with Gasteiger partial charge in [0.25, 0.3) is 0 Å². The van der Waals surface area contributed by atoms with E-state index in [1.165, 1.54) is 57.8 Å². The van der Waals surface area contributed by atoms with Crippen molar-refractivity contribution < 1.29 is 4.74 Å². The highest BCUT2D eigenvalue weighted by Crippen LogP contribution is 2.67. The molecule has 0 heterocycles. The predicted octanol–water partition coefficient (Wildman–Crippen LogP) is 8.45. The lowest BCUT2D eigenvalue weighted by molar-refractivity contribution is -0.0572. The quantitative estimate of drug-likeness (QED) is 0.387. The van der Waals surface area contributed by atoms with Crippen molar-refractivity contribution in [3.05, 3.63) is 23.8 Å². The number of rotatable bonds is 6. The number of fused-ring (bicyclic) bond motifs is 5. The van der Waals surface area contributed by atoms with E-state index >= 15 is 0 Å². The average molecular weight is 427 g/mol. The summed E-state index contributed by atoms with van der Waals surface area (Å²) in [6.45, 7) is 14.9. The minimum Gasteiger partial charge on any atom is -0.381 e. The van der Waals surface area contributed by atoms with Crippen LogP contribution in [0.2, 0.25) is 0 Å². The fourth-order valence-electron chi connectivity index (χ4n) is 9.01. The lowest BCUT2D eigenvalue weighted by Gasteiger charge is -2.58. The number of methoxy groups -OCH3 is 1. The molecule has 4 aliphatic rings. The second-order valence-electron chi connectivity index (χ2n) is 12.6. The molecule has 176 valence electrons. The summed E-state index contributed by atoms with van der Waals surface area (Å²) in [5.41, 5.74) is 2.75. The van der Waals surface area contributed by atoms with Crippen LogP contribution in [0.5, 0.6) is 0 Å². The van der Waals surface area contributed by atoms with Gasteiger partial charge in [-0.05, 0) is 110 Å². The van der Waals surface area contributed by atoms with E-state index in [0.717, 1.165) is 41.4 Å². The van der Waals surface area contributed by atoms with E-state index in [2.05, 4.69) is 59.8 Å². The van der Waals surface area contributed by atoms with Crippen LogP contribution in [-0.4, -0.2) is 13.2 Å². The molecule has 0 spiro atoms. The van der Waals surface area contributed by atoms with Crippen LogP contribution in [0.25, 0.3) is 0 Å². The maximum Gasteiger partial charge on any atom is 0.0608 e. The van der Waals surface area contributed by atoms with Gasteiger partial charge in [-0.2, -0.15) is 0 Å². The molecule has 0 bridgehead atoms. The summed E-state index contributed by atoms with van der Waals surface area (Å²) in [6.07, 6.45) is 20.6. The van der Waals surface area contributed by atoms with Crippen molar-refractivity contribution >= 4 is 0 Å². The second kappa shape index (κ2) is 9.00. The molecular formula is C30H50O. The molecule has 0 N–H and O–H groups in total. The van der Waals surface area contributed by atoms with Crippen molar-refractivity contribution in [3.63, 3.8) is 0 Å². The van der Waals surface area contributed by atoms with Gasteiger partial charge >= 0.3 is 0 Å². The third kappa shape index (κ3) is 4.00. The van der Waals surface area contributed by atoms with Gasteiger partial charge in [-0.1, -0.05) is 65.3 Å². The smallest absolute Gasteiger partial charge is 0.0608 e. The summed E-state index contributed by atoms with van der Waals surface area (Å²) in [6, 6.07) is 0. The minimum atomic E-state index is 0.453. The van der Waals surface area contributed by atoms with Crippen LogP contribution in [0.15, 0.2) is 23.8 Å². The number of ether oxygens (including phenoxy) is 1. The molecule has 0 aliphatic heterocycles. The summed E-state index contributed by atoms with van der Waals surface area (Å²) in [5.74, 6) is 5.88. The van der Waals surface area contributed by atoms with Crippen LogP contribution in [-0.2, 0) is 4.74 Å². The van der Waals surface area contributed by atoms with Gasteiger partial charge < -0.3 is 4.74 Å². The van der Waals surface area contributed by atoms with Crippen LogP contribution in [0.1, 0.15) is 99.3 Å². The Morgan fingerprint density at radius 1 is 1.03 bits per heavy atom. The normalized spacial score (nSPS) is 44.5. The van der Waals surface area contributed by atoms with Crippen molar-refractivity contribution in [2.24, 2.45) is 52.3 Å². The molecule has 9 atom stereocenters. The second-order valence-corrected chi connectivity index (χ2v) is 12.6. The Morgan fingerprint density at radius 2 is 1.81 bits per heavy atom. The van der Waals surface area contributed by atoms with Gasteiger partial charge in [0.05, 0.1) is 6.10 Å². The minimum absolute atomic E-state index is 0.453. The fourth-order valence-corrected chi connectivity index (χ4v) is 9.01. The molecule has 0 amide bonds. The Balaban J connectivity index is 1.51. The Kier molecular flexibility index (Phi) is 6.85. The van der Waals surface area contributed by atoms with E-state index in [9.17, 15) is 0 Å². The molecule has 31 heavy (non-hydrogen) atoms. The summed E-state index contributed by atoms with van der Waals surface area (Å²) < 4.78 is 5.76. The van der Waals surface area contributed by atoms with Gasteiger partial charge in [-0.25, -0.2) is 0 Å². The number of allylic oxidation sites excluding steroid dienone is 3. The highest BCUT2D eigenvalue weighted by molar-refractivity contribution is 5.25. The Labute approximate surface area is 193 Å². The first kappa shape index (κ1) is 23.6. The number of hydrogen-bond acceptors (Lipinski definition) is 1. The van der Waals surface area contributed by atoms with Crippen LogP contribution >= 0.6 is 0 Å². The highest BCUT2D eigenvalue weighted by Gasteiger charge is 2.59. The van der Waals surface area contributed by atoms with Crippen molar-refractivity contribution in [1.29, 1.82) is 0 Å². The van der Waals surface area contributed by atoms with Gasteiger partial charge in [0.1, 0.15) is 0 Å². The molecule has 3 fully saturated rings. The molecule has 3 saturated carbocycles. The zero-order valence-electron chi connectivity index (χ0n) is 21.6. The Morgan fingerprint density at radius 3 is 2.48 bits per heavy atom. The molecule has 0 unspecified atom stereocenters. The average Bonchev–Trinajstić information content (AvgIpc) is 3.10. The van der Waals surface area contributed by atoms with Gasteiger partial charge in [-0.15, -0.1) is 0 Å². The van der Waals surface area contributed by atoms with E-state index in [1.807, 2.05) is 7.11 Å². The summed E-state index contributed by atoms with van der Waals surface area (Å²) in [4.78, 5) is 0. The molecular weight excluding hydrogens is 376 g/mol. The molecule has 1 heteroatoms. The van der Waals surface area contributed by atoms with Crippen LogP contribution in [0.4, 0.5) is 0 Å².